The number of rotatable bonds is 11. The average Bonchev–Trinajstić information content (AvgIpc) is 3.45. The third-order valence-electron chi connectivity index (χ3n) is 6.93. The van der Waals surface area contributed by atoms with E-state index in [9.17, 15) is 14.4 Å². The van der Waals surface area contributed by atoms with E-state index in [4.69, 9.17) is 13.9 Å². The van der Waals surface area contributed by atoms with Crippen LogP contribution in [0.4, 0.5) is 4.79 Å². The number of aromatic nitrogens is 1. The van der Waals surface area contributed by atoms with Gasteiger partial charge >= 0.3 is 12.1 Å². The monoisotopic (exact) mass is 596 g/mol. The van der Waals surface area contributed by atoms with Crippen LogP contribution in [0.1, 0.15) is 41.5 Å². The lowest BCUT2D eigenvalue weighted by Gasteiger charge is -2.19. The lowest BCUT2D eigenvalue weighted by Crippen LogP contribution is -2.44. The first kappa shape index (κ1) is 29.7. The molecule has 1 amide bonds. The first-order valence-corrected chi connectivity index (χ1v) is 15.0. The SMILES string of the molecule is CCCCc1cc2c(=O)c(-c3csc(C)n3)coc2cc1OC(=O)[C@H](Cc1ccccc1)NC(=O)OCc1ccccc1. The maximum Gasteiger partial charge on any atom is 0.408 e. The molecule has 0 spiro atoms. The summed E-state index contributed by atoms with van der Waals surface area (Å²) in [5.41, 5.74) is 3.40. The minimum absolute atomic E-state index is 0.0626. The topological polar surface area (TPSA) is 108 Å². The lowest BCUT2D eigenvalue weighted by atomic mass is 10.0. The number of hydrogen-bond acceptors (Lipinski definition) is 8. The normalized spacial score (nSPS) is 11.7. The second kappa shape index (κ2) is 13.9. The standard InChI is InChI=1S/C34H32N2O6S/c1-3-4-15-25-17-26-31(40-20-27(32(26)37)29-21-43-22(2)35-29)18-30(25)42-33(38)28(16-23-11-7-5-8-12-23)36-34(39)41-19-24-13-9-6-10-14-24/h5-14,17-18,20-21,28H,3-4,15-16,19H2,1-2H3,(H,36,39)/t28-/m0/s1. The van der Waals surface area contributed by atoms with Gasteiger partial charge in [-0.3, -0.25) is 4.79 Å². The molecule has 2 heterocycles. The number of benzene rings is 3. The van der Waals surface area contributed by atoms with Gasteiger partial charge in [-0.25, -0.2) is 14.6 Å². The molecule has 3 aromatic carbocycles. The number of alkyl carbamates (subject to hydrolysis) is 1. The smallest absolute Gasteiger partial charge is 0.408 e. The van der Waals surface area contributed by atoms with Crippen LogP contribution in [0, 0.1) is 6.92 Å². The van der Waals surface area contributed by atoms with Gasteiger partial charge in [-0.2, -0.15) is 0 Å². The lowest BCUT2D eigenvalue weighted by molar-refractivity contribution is -0.136. The minimum Gasteiger partial charge on any atom is -0.463 e. The molecule has 8 nitrogen and oxygen atoms in total. The summed E-state index contributed by atoms with van der Waals surface area (Å²) in [5.74, 6) is -0.376. The Hall–Kier alpha value is -4.76. The summed E-state index contributed by atoms with van der Waals surface area (Å²) in [6.45, 7) is 4.00. The number of carbonyl (C=O) groups excluding carboxylic acids is 2. The molecule has 0 aliphatic rings. The molecule has 5 rings (SSSR count). The second-order valence-electron chi connectivity index (χ2n) is 10.2. The maximum absolute atomic E-state index is 13.6. The number of thiazole rings is 1. The highest BCUT2D eigenvalue weighted by molar-refractivity contribution is 7.09. The number of carbonyl (C=O) groups is 2. The Bertz CT molecular complexity index is 1760. The minimum atomic E-state index is -1.03. The molecule has 0 aliphatic carbocycles. The molecule has 0 bridgehead atoms. The van der Waals surface area contributed by atoms with Crippen molar-refractivity contribution in [2.75, 3.05) is 0 Å². The molecule has 0 radical (unpaired) electrons. The largest absolute Gasteiger partial charge is 0.463 e. The number of unbranched alkanes of at least 4 members (excludes halogenated alkanes) is 1. The van der Waals surface area contributed by atoms with Crippen LogP contribution in [-0.2, 0) is 29.0 Å². The van der Waals surface area contributed by atoms with Gasteiger partial charge in [-0.1, -0.05) is 74.0 Å². The Kier molecular flexibility index (Phi) is 9.63. The maximum atomic E-state index is 13.6. The Balaban J connectivity index is 1.42. The number of aryl methyl sites for hydroxylation is 2. The zero-order valence-corrected chi connectivity index (χ0v) is 24.8. The molecule has 220 valence electrons. The predicted octanol–water partition coefficient (Wildman–Crippen LogP) is 7.01. The number of nitrogens with zero attached hydrogens (tertiary/aromatic N) is 1. The first-order chi connectivity index (χ1) is 20.9. The Morgan fingerprint density at radius 2 is 1.74 bits per heavy atom. The van der Waals surface area contributed by atoms with Crippen LogP contribution in [0.5, 0.6) is 5.75 Å². The number of ether oxygens (including phenoxy) is 2. The van der Waals surface area contributed by atoms with E-state index in [0.29, 0.717) is 34.2 Å². The van der Waals surface area contributed by atoms with Crippen LogP contribution in [0.25, 0.3) is 22.2 Å². The first-order valence-electron chi connectivity index (χ1n) is 14.1. The number of nitrogens with one attached hydrogen (secondary N) is 1. The highest BCUT2D eigenvalue weighted by Gasteiger charge is 2.26. The van der Waals surface area contributed by atoms with E-state index in [0.717, 1.165) is 29.0 Å². The van der Waals surface area contributed by atoms with Crippen molar-refractivity contribution in [3.63, 3.8) is 0 Å². The van der Waals surface area contributed by atoms with E-state index in [1.54, 1.807) is 12.1 Å². The summed E-state index contributed by atoms with van der Waals surface area (Å²) in [4.78, 5) is 44.2. The third-order valence-corrected chi connectivity index (χ3v) is 7.71. The van der Waals surface area contributed by atoms with Crippen molar-refractivity contribution in [3.8, 4) is 17.0 Å². The van der Waals surface area contributed by atoms with Crippen molar-refractivity contribution in [2.45, 2.75) is 52.2 Å². The van der Waals surface area contributed by atoms with Crippen LogP contribution in [0.2, 0.25) is 0 Å². The van der Waals surface area contributed by atoms with E-state index in [1.807, 2.05) is 73.0 Å². The zero-order chi connectivity index (χ0) is 30.2. The van der Waals surface area contributed by atoms with E-state index in [1.165, 1.54) is 17.6 Å². The molecule has 0 aliphatic heterocycles. The molecule has 0 saturated carbocycles. The van der Waals surface area contributed by atoms with Gasteiger partial charge in [-0.15, -0.1) is 11.3 Å². The molecule has 43 heavy (non-hydrogen) atoms. The van der Waals surface area contributed by atoms with Gasteiger partial charge in [0, 0.05) is 17.9 Å². The fraction of sp³-hybridized carbons (Fsp3) is 0.235. The number of amides is 1. The highest BCUT2D eigenvalue weighted by Crippen LogP contribution is 2.29. The molecular formula is C34H32N2O6S. The van der Waals surface area contributed by atoms with Gasteiger partial charge in [0.05, 0.1) is 21.7 Å². The quantitative estimate of drug-likeness (QED) is 0.129. The van der Waals surface area contributed by atoms with Gasteiger partial charge in [-0.05, 0) is 42.5 Å². The Morgan fingerprint density at radius 3 is 2.42 bits per heavy atom. The van der Waals surface area contributed by atoms with Crippen molar-refractivity contribution in [2.24, 2.45) is 0 Å². The van der Waals surface area contributed by atoms with Crippen molar-refractivity contribution < 1.29 is 23.5 Å². The fourth-order valence-corrected chi connectivity index (χ4v) is 5.27. The van der Waals surface area contributed by atoms with Crippen molar-refractivity contribution in [1.82, 2.24) is 10.3 Å². The summed E-state index contributed by atoms with van der Waals surface area (Å²) in [6, 6.07) is 20.9. The molecule has 0 unspecified atom stereocenters. The van der Waals surface area contributed by atoms with E-state index < -0.39 is 18.1 Å². The van der Waals surface area contributed by atoms with Crippen LogP contribution in [0.15, 0.2) is 93.7 Å². The fourth-order valence-electron chi connectivity index (χ4n) is 4.65. The van der Waals surface area contributed by atoms with E-state index >= 15 is 0 Å². The molecule has 2 aromatic heterocycles. The van der Waals surface area contributed by atoms with Crippen LogP contribution in [-0.4, -0.2) is 23.1 Å². The zero-order valence-electron chi connectivity index (χ0n) is 24.0. The average molecular weight is 597 g/mol. The predicted molar refractivity (Wildman–Crippen MR) is 166 cm³/mol. The van der Waals surface area contributed by atoms with Crippen molar-refractivity contribution in [3.05, 3.63) is 116 Å². The Labute approximate surface area is 253 Å². The summed E-state index contributed by atoms with van der Waals surface area (Å²) in [6.07, 6.45) is 3.17. The highest BCUT2D eigenvalue weighted by atomic mass is 32.1. The van der Waals surface area contributed by atoms with E-state index in [2.05, 4.69) is 17.2 Å². The summed E-state index contributed by atoms with van der Waals surface area (Å²) >= 11 is 1.46. The van der Waals surface area contributed by atoms with Gasteiger partial charge in [0.2, 0.25) is 5.43 Å². The number of esters is 1. The summed E-state index contributed by atoms with van der Waals surface area (Å²) in [7, 11) is 0. The molecular weight excluding hydrogens is 564 g/mol. The molecule has 0 fully saturated rings. The number of fused-ring (bicyclic) bond motifs is 1. The van der Waals surface area contributed by atoms with Crippen molar-refractivity contribution >= 4 is 34.4 Å². The molecule has 5 aromatic rings. The molecule has 1 atom stereocenters. The van der Waals surface area contributed by atoms with Crippen LogP contribution in [0.3, 0.4) is 0 Å². The molecule has 1 N–H and O–H groups in total. The van der Waals surface area contributed by atoms with Crippen LogP contribution >= 0.6 is 11.3 Å². The van der Waals surface area contributed by atoms with Crippen molar-refractivity contribution in [1.29, 1.82) is 0 Å². The second-order valence-corrected chi connectivity index (χ2v) is 11.2. The molecule has 9 heteroatoms. The van der Waals surface area contributed by atoms with Gasteiger partial charge < -0.3 is 19.2 Å². The number of hydrogen-bond donors (Lipinski definition) is 1. The van der Waals surface area contributed by atoms with Gasteiger partial charge in [0.25, 0.3) is 0 Å². The molecule has 0 saturated heterocycles. The summed E-state index contributed by atoms with van der Waals surface area (Å²) < 4.78 is 17.2. The van der Waals surface area contributed by atoms with Gasteiger partial charge in [0.15, 0.2) is 0 Å². The van der Waals surface area contributed by atoms with Crippen LogP contribution < -0.4 is 15.5 Å². The third kappa shape index (κ3) is 7.55. The van der Waals surface area contributed by atoms with E-state index in [-0.39, 0.29) is 24.2 Å². The summed E-state index contributed by atoms with van der Waals surface area (Å²) in [5, 5.41) is 5.74. The van der Waals surface area contributed by atoms with Gasteiger partial charge in [0.1, 0.15) is 30.2 Å². The Morgan fingerprint density at radius 1 is 1.02 bits per heavy atom.